The maximum atomic E-state index is 5.80. The Labute approximate surface area is 117 Å². The normalized spacial score (nSPS) is 12.2. The Balaban J connectivity index is 1.49. The standard InChI is InChI=1S/C15H16N2O3/c16-12-3-1-2-4-13(12)18-8-7-17-11-5-6-14-15(9-11)20-10-19-14/h1-6,9,17H,7-8,10,16H2. The van der Waals surface area contributed by atoms with E-state index in [2.05, 4.69) is 5.32 Å². The molecule has 0 atom stereocenters. The summed E-state index contributed by atoms with van der Waals surface area (Å²) in [6, 6.07) is 13.2. The number of hydrogen-bond donors (Lipinski definition) is 2. The van der Waals surface area contributed by atoms with Crippen molar-refractivity contribution >= 4 is 11.4 Å². The summed E-state index contributed by atoms with van der Waals surface area (Å²) in [7, 11) is 0. The molecule has 0 spiro atoms. The van der Waals surface area contributed by atoms with Gasteiger partial charge in [-0.25, -0.2) is 0 Å². The highest BCUT2D eigenvalue weighted by Crippen LogP contribution is 2.34. The van der Waals surface area contributed by atoms with Crippen LogP contribution in [0.4, 0.5) is 11.4 Å². The minimum atomic E-state index is 0.287. The number of fused-ring (bicyclic) bond motifs is 1. The zero-order chi connectivity index (χ0) is 13.8. The van der Waals surface area contributed by atoms with Crippen LogP contribution in [0.1, 0.15) is 0 Å². The number of nitrogen functional groups attached to an aromatic ring is 1. The van der Waals surface area contributed by atoms with Gasteiger partial charge < -0.3 is 25.3 Å². The first-order valence-electron chi connectivity index (χ1n) is 6.44. The Morgan fingerprint density at radius 2 is 1.95 bits per heavy atom. The van der Waals surface area contributed by atoms with Crippen LogP contribution in [0.5, 0.6) is 17.2 Å². The van der Waals surface area contributed by atoms with Crippen LogP contribution in [0, 0.1) is 0 Å². The zero-order valence-corrected chi connectivity index (χ0v) is 11.0. The van der Waals surface area contributed by atoms with E-state index in [9.17, 15) is 0 Å². The second kappa shape index (κ2) is 5.61. The van der Waals surface area contributed by atoms with E-state index in [0.29, 0.717) is 24.6 Å². The van der Waals surface area contributed by atoms with Gasteiger partial charge in [-0.3, -0.25) is 0 Å². The number of nitrogens with two attached hydrogens (primary N) is 1. The number of anilines is 2. The molecule has 0 amide bonds. The maximum Gasteiger partial charge on any atom is 0.231 e. The number of ether oxygens (including phenoxy) is 3. The van der Waals surface area contributed by atoms with Crippen molar-refractivity contribution in [3.63, 3.8) is 0 Å². The van der Waals surface area contributed by atoms with E-state index in [1.165, 1.54) is 0 Å². The molecule has 0 saturated carbocycles. The van der Waals surface area contributed by atoms with Gasteiger partial charge in [-0.15, -0.1) is 0 Å². The van der Waals surface area contributed by atoms with Crippen LogP contribution in [0.25, 0.3) is 0 Å². The van der Waals surface area contributed by atoms with E-state index >= 15 is 0 Å². The molecule has 20 heavy (non-hydrogen) atoms. The van der Waals surface area contributed by atoms with Crippen LogP contribution in [0.2, 0.25) is 0 Å². The molecule has 5 heteroatoms. The van der Waals surface area contributed by atoms with E-state index in [1.54, 1.807) is 0 Å². The highest BCUT2D eigenvalue weighted by molar-refractivity contribution is 5.55. The molecule has 3 N–H and O–H groups in total. The molecule has 104 valence electrons. The summed E-state index contributed by atoms with van der Waals surface area (Å²) in [5.74, 6) is 2.26. The molecule has 0 fully saturated rings. The van der Waals surface area contributed by atoms with Crippen LogP contribution in [0.15, 0.2) is 42.5 Å². The van der Waals surface area contributed by atoms with E-state index in [-0.39, 0.29) is 6.79 Å². The van der Waals surface area contributed by atoms with Crippen molar-refractivity contribution in [3.05, 3.63) is 42.5 Å². The Morgan fingerprint density at radius 1 is 1.10 bits per heavy atom. The molecular weight excluding hydrogens is 256 g/mol. The summed E-state index contributed by atoms with van der Waals surface area (Å²) in [6.07, 6.45) is 0. The molecule has 2 aromatic carbocycles. The fourth-order valence-corrected chi connectivity index (χ4v) is 1.97. The fraction of sp³-hybridized carbons (Fsp3) is 0.200. The van der Waals surface area contributed by atoms with Crippen LogP contribution >= 0.6 is 0 Å². The molecule has 1 aliphatic heterocycles. The van der Waals surface area contributed by atoms with Gasteiger partial charge in [0.1, 0.15) is 12.4 Å². The Bertz CT molecular complexity index is 601. The molecule has 2 aromatic rings. The van der Waals surface area contributed by atoms with E-state index < -0.39 is 0 Å². The molecule has 3 rings (SSSR count). The van der Waals surface area contributed by atoms with Crippen molar-refractivity contribution in [1.82, 2.24) is 0 Å². The first-order valence-corrected chi connectivity index (χ1v) is 6.44. The molecule has 0 radical (unpaired) electrons. The van der Waals surface area contributed by atoms with Gasteiger partial charge in [-0.1, -0.05) is 12.1 Å². The zero-order valence-electron chi connectivity index (χ0n) is 11.0. The lowest BCUT2D eigenvalue weighted by atomic mass is 10.3. The monoisotopic (exact) mass is 272 g/mol. The van der Waals surface area contributed by atoms with Crippen LogP contribution in [0.3, 0.4) is 0 Å². The SMILES string of the molecule is Nc1ccccc1OCCNc1ccc2c(c1)OCO2. The number of para-hydroxylation sites is 2. The lowest BCUT2D eigenvalue weighted by Gasteiger charge is -2.10. The number of hydrogen-bond acceptors (Lipinski definition) is 5. The topological polar surface area (TPSA) is 65.7 Å². The summed E-state index contributed by atoms with van der Waals surface area (Å²) in [5, 5.41) is 3.26. The van der Waals surface area contributed by atoms with Gasteiger partial charge in [0.15, 0.2) is 11.5 Å². The van der Waals surface area contributed by atoms with Crippen LogP contribution in [-0.4, -0.2) is 19.9 Å². The summed E-state index contributed by atoms with van der Waals surface area (Å²) >= 11 is 0. The third kappa shape index (κ3) is 2.71. The predicted molar refractivity (Wildman–Crippen MR) is 77.4 cm³/mol. The van der Waals surface area contributed by atoms with E-state index in [4.69, 9.17) is 19.9 Å². The van der Waals surface area contributed by atoms with Gasteiger partial charge >= 0.3 is 0 Å². The van der Waals surface area contributed by atoms with Crippen molar-refractivity contribution in [2.75, 3.05) is 31.0 Å². The molecule has 0 aromatic heterocycles. The van der Waals surface area contributed by atoms with Crippen molar-refractivity contribution in [2.45, 2.75) is 0 Å². The fourth-order valence-electron chi connectivity index (χ4n) is 1.97. The minimum absolute atomic E-state index is 0.287. The van der Waals surface area contributed by atoms with Gasteiger partial charge in [-0.05, 0) is 24.3 Å². The highest BCUT2D eigenvalue weighted by Gasteiger charge is 2.12. The lowest BCUT2D eigenvalue weighted by molar-refractivity contribution is 0.174. The minimum Gasteiger partial charge on any atom is -0.490 e. The van der Waals surface area contributed by atoms with Gasteiger partial charge in [0, 0.05) is 18.3 Å². The molecule has 0 bridgehead atoms. The van der Waals surface area contributed by atoms with Crippen molar-refractivity contribution < 1.29 is 14.2 Å². The third-order valence-electron chi connectivity index (χ3n) is 2.98. The Hall–Kier alpha value is -2.56. The Kier molecular flexibility index (Phi) is 3.50. The largest absolute Gasteiger partial charge is 0.490 e. The smallest absolute Gasteiger partial charge is 0.231 e. The summed E-state index contributed by atoms with van der Waals surface area (Å²) in [6.45, 7) is 1.49. The first kappa shape index (κ1) is 12.5. The average molecular weight is 272 g/mol. The quantitative estimate of drug-likeness (QED) is 0.646. The van der Waals surface area contributed by atoms with Crippen LogP contribution < -0.4 is 25.3 Å². The summed E-state index contributed by atoms with van der Waals surface area (Å²) in [4.78, 5) is 0. The first-order chi connectivity index (χ1) is 9.83. The van der Waals surface area contributed by atoms with Crippen LogP contribution in [-0.2, 0) is 0 Å². The maximum absolute atomic E-state index is 5.80. The molecule has 5 nitrogen and oxygen atoms in total. The number of benzene rings is 2. The molecular formula is C15H16N2O3. The second-order valence-corrected chi connectivity index (χ2v) is 4.38. The second-order valence-electron chi connectivity index (χ2n) is 4.38. The van der Waals surface area contributed by atoms with Gasteiger partial charge in [0.05, 0.1) is 5.69 Å². The summed E-state index contributed by atoms with van der Waals surface area (Å²) < 4.78 is 16.2. The Morgan fingerprint density at radius 3 is 2.85 bits per heavy atom. The van der Waals surface area contributed by atoms with Crippen molar-refractivity contribution in [3.8, 4) is 17.2 Å². The van der Waals surface area contributed by atoms with Gasteiger partial charge in [0.25, 0.3) is 0 Å². The van der Waals surface area contributed by atoms with E-state index in [1.807, 2.05) is 42.5 Å². The van der Waals surface area contributed by atoms with Crippen molar-refractivity contribution in [1.29, 1.82) is 0 Å². The molecule has 0 unspecified atom stereocenters. The van der Waals surface area contributed by atoms with Gasteiger partial charge in [0.2, 0.25) is 6.79 Å². The number of rotatable bonds is 5. The molecule has 1 aliphatic rings. The number of nitrogens with one attached hydrogen (secondary N) is 1. The average Bonchev–Trinajstić information content (AvgIpc) is 2.93. The summed E-state index contributed by atoms with van der Waals surface area (Å²) in [5.41, 5.74) is 7.42. The lowest BCUT2D eigenvalue weighted by Crippen LogP contribution is -2.12. The highest BCUT2D eigenvalue weighted by atomic mass is 16.7. The van der Waals surface area contributed by atoms with E-state index in [0.717, 1.165) is 17.2 Å². The molecule has 1 heterocycles. The van der Waals surface area contributed by atoms with Gasteiger partial charge in [-0.2, -0.15) is 0 Å². The molecule has 0 saturated heterocycles. The third-order valence-corrected chi connectivity index (χ3v) is 2.98. The van der Waals surface area contributed by atoms with Crippen molar-refractivity contribution in [2.24, 2.45) is 0 Å². The predicted octanol–water partition coefficient (Wildman–Crippen LogP) is 2.49. The molecule has 0 aliphatic carbocycles.